The second-order valence-electron chi connectivity index (χ2n) is 4.13. The lowest BCUT2D eigenvalue weighted by molar-refractivity contribution is -0.131. The number of carboxylic acid groups (broad SMARTS) is 1. The van der Waals surface area contributed by atoms with Gasteiger partial charge in [0.05, 0.1) is 0 Å². The zero-order valence-corrected chi connectivity index (χ0v) is 11.6. The van der Waals surface area contributed by atoms with E-state index in [0.717, 1.165) is 27.1 Å². The second-order valence-corrected chi connectivity index (χ2v) is 5.25. The Morgan fingerprint density at radius 1 is 1.15 bits per heavy atom. The van der Waals surface area contributed by atoms with E-state index < -0.39 is 5.97 Å². The van der Waals surface area contributed by atoms with Gasteiger partial charge in [0, 0.05) is 28.4 Å². The summed E-state index contributed by atoms with van der Waals surface area (Å²) in [6.07, 6.45) is 2.69. The molecule has 1 aromatic heterocycles. The number of carbonyl (C=O) groups excluding carboxylic acids is 1. The maximum atomic E-state index is 10.9. The molecule has 1 heterocycles. The molecule has 4 nitrogen and oxygen atoms in total. The highest BCUT2D eigenvalue weighted by atomic mass is 32.1. The van der Waals surface area contributed by atoms with E-state index in [9.17, 15) is 9.59 Å². The lowest BCUT2D eigenvalue weighted by Crippen LogP contribution is -2.05. The standard InChI is InChI=1S/C15H13NO3S/c1-10(17)16-12-4-2-11(3-5-12)14-8-6-13(20-14)7-9-15(18)19/h2-9H,1H3,(H,16,17)(H,18,19). The van der Waals surface area contributed by atoms with E-state index in [2.05, 4.69) is 5.32 Å². The van der Waals surface area contributed by atoms with E-state index >= 15 is 0 Å². The van der Waals surface area contributed by atoms with Gasteiger partial charge in [-0.1, -0.05) is 12.1 Å². The zero-order valence-electron chi connectivity index (χ0n) is 10.8. The number of carbonyl (C=O) groups is 2. The van der Waals surface area contributed by atoms with Gasteiger partial charge in [-0.25, -0.2) is 4.79 Å². The van der Waals surface area contributed by atoms with Crippen molar-refractivity contribution in [2.75, 3.05) is 5.32 Å². The Morgan fingerprint density at radius 2 is 1.85 bits per heavy atom. The molecule has 0 fully saturated rings. The Balaban J connectivity index is 2.15. The number of hydrogen-bond acceptors (Lipinski definition) is 3. The van der Waals surface area contributed by atoms with Crippen LogP contribution < -0.4 is 5.32 Å². The van der Waals surface area contributed by atoms with E-state index in [0.29, 0.717) is 0 Å². The quantitative estimate of drug-likeness (QED) is 0.846. The number of nitrogens with one attached hydrogen (secondary N) is 1. The summed E-state index contributed by atoms with van der Waals surface area (Å²) in [5.74, 6) is -1.06. The summed E-state index contributed by atoms with van der Waals surface area (Å²) in [5, 5.41) is 11.3. The number of amides is 1. The molecular formula is C15H13NO3S. The van der Waals surface area contributed by atoms with E-state index in [1.807, 2.05) is 36.4 Å². The highest BCUT2D eigenvalue weighted by molar-refractivity contribution is 7.16. The first-order valence-electron chi connectivity index (χ1n) is 5.93. The van der Waals surface area contributed by atoms with Crippen molar-refractivity contribution in [2.24, 2.45) is 0 Å². The van der Waals surface area contributed by atoms with Crippen LogP contribution in [0.1, 0.15) is 11.8 Å². The number of aliphatic carboxylic acids is 1. The molecule has 2 rings (SSSR count). The average Bonchev–Trinajstić information content (AvgIpc) is 2.85. The van der Waals surface area contributed by atoms with Crippen LogP contribution in [0, 0.1) is 0 Å². The van der Waals surface area contributed by atoms with Crippen molar-refractivity contribution in [3.05, 3.63) is 47.4 Å². The fourth-order valence-electron chi connectivity index (χ4n) is 1.67. The topological polar surface area (TPSA) is 66.4 Å². The Labute approximate surface area is 120 Å². The fourth-order valence-corrected chi connectivity index (χ4v) is 2.59. The molecule has 0 unspecified atom stereocenters. The van der Waals surface area contributed by atoms with Crippen molar-refractivity contribution in [3.8, 4) is 10.4 Å². The van der Waals surface area contributed by atoms with Gasteiger partial charge in [-0.05, 0) is 35.9 Å². The van der Waals surface area contributed by atoms with Crippen molar-refractivity contribution in [1.82, 2.24) is 0 Å². The van der Waals surface area contributed by atoms with Crippen molar-refractivity contribution in [1.29, 1.82) is 0 Å². The van der Waals surface area contributed by atoms with Gasteiger partial charge < -0.3 is 10.4 Å². The first-order valence-corrected chi connectivity index (χ1v) is 6.75. The summed E-state index contributed by atoms with van der Waals surface area (Å²) in [4.78, 5) is 23.3. The van der Waals surface area contributed by atoms with Crippen LogP contribution in [-0.2, 0) is 9.59 Å². The minimum atomic E-state index is -0.959. The predicted molar refractivity (Wildman–Crippen MR) is 80.7 cm³/mol. The highest BCUT2D eigenvalue weighted by Gasteiger charge is 2.02. The third kappa shape index (κ3) is 3.80. The minimum Gasteiger partial charge on any atom is -0.478 e. The smallest absolute Gasteiger partial charge is 0.328 e. The van der Waals surface area contributed by atoms with Crippen LogP contribution in [0.3, 0.4) is 0 Å². The van der Waals surface area contributed by atoms with Crippen molar-refractivity contribution < 1.29 is 14.7 Å². The number of thiophene rings is 1. The first-order chi connectivity index (χ1) is 9.54. The van der Waals surface area contributed by atoms with Gasteiger partial charge in [0.25, 0.3) is 0 Å². The molecule has 0 aliphatic carbocycles. The molecule has 20 heavy (non-hydrogen) atoms. The van der Waals surface area contributed by atoms with Crippen LogP contribution in [0.2, 0.25) is 0 Å². The van der Waals surface area contributed by atoms with E-state index in [1.165, 1.54) is 18.3 Å². The number of hydrogen-bond donors (Lipinski definition) is 2. The molecule has 0 saturated carbocycles. The Morgan fingerprint density at radius 3 is 2.45 bits per heavy atom. The molecule has 0 spiro atoms. The summed E-state index contributed by atoms with van der Waals surface area (Å²) in [7, 11) is 0. The van der Waals surface area contributed by atoms with Crippen molar-refractivity contribution in [3.63, 3.8) is 0 Å². The predicted octanol–water partition coefficient (Wildman–Crippen LogP) is 3.47. The number of benzene rings is 1. The Bertz CT molecular complexity index is 656. The third-order valence-electron chi connectivity index (χ3n) is 2.51. The van der Waals surface area contributed by atoms with E-state index in [-0.39, 0.29) is 5.91 Å². The molecule has 2 aromatic rings. The van der Waals surface area contributed by atoms with Gasteiger partial charge in [-0.3, -0.25) is 4.79 Å². The summed E-state index contributed by atoms with van der Waals surface area (Å²) in [6, 6.07) is 11.3. The van der Waals surface area contributed by atoms with Gasteiger partial charge in [-0.2, -0.15) is 0 Å². The van der Waals surface area contributed by atoms with Gasteiger partial charge in [0.1, 0.15) is 0 Å². The Hall–Kier alpha value is -2.40. The van der Waals surface area contributed by atoms with Crippen molar-refractivity contribution in [2.45, 2.75) is 6.92 Å². The largest absolute Gasteiger partial charge is 0.478 e. The van der Waals surface area contributed by atoms with Gasteiger partial charge in [-0.15, -0.1) is 11.3 Å². The van der Waals surface area contributed by atoms with E-state index in [4.69, 9.17) is 5.11 Å². The number of rotatable bonds is 4. The van der Waals surface area contributed by atoms with Crippen LogP contribution in [0.15, 0.2) is 42.5 Å². The Kier molecular flexibility index (Phi) is 4.32. The summed E-state index contributed by atoms with van der Waals surface area (Å²) in [5.41, 5.74) is 1.78. The molecule has 1 aromatic carbocycles. The molecule has 102 valence electrons. The summed E-state index contributed by atoms with van der Waals surface area (Å²) < 4.78 is 0. The number of anilines is 1. The monoisotopic (exact) mass is 287 g/mol. The fraction of sp³-hybridized carbons (Fsp3) is 0.0667. The second kappa shape index (κ2) is 6.16. The summed E-state index contributed by atoms with van der Waals surface area (Å²) >= 11 is 1.51. The molecular weight excluding hydrogens is 274 g/mol. The molecule has 2 N–H and O–H groups in total. The van der Waals surface area contributed by atoms with Gasteiger partial charge >= 0.3 is 5.97 Å². The van der Waals surface area contributed by atoms with Crippen LogP contribution >= 0.6 is 11.3 Å². The zero-order chi connectivity index (χ0) is 14.5. The van der Waals surface area contributed by atoms with Gasteiger partial charge in [0.15, 0.2) is 0 Å². The molecule has 5 heteroatoms. The summed E-state index contributed by atoms with van der Waals surface area (Å²) in [6.45, 7) is 1.47. The molecule has 0 saturated heterocycles. The molecule has 0 bridgehead atoms. The van der Waals surface area contributed by atoms with Crippen LogP contribution in [0.25, 0.3) is 16.5 Å². The molecule has 0 radical (unpaired) electrons. The van der Waals surface area contributed by atoms with Crippen molar-refractivity contribution >= 4 is 35.0 Å². The lowest BCUT2D eigenvalue weighted by atomic mass is 10.2. The number of carboxylic acids is 1. The third-order valence-corrected chi connectivity index (χ3v) is 3.61. The SMILES string of the molecule is CC(=O)Nc1ccc(-c2ccc(C=CC(=O)O)s2)cc1. The van der Waals surface area contributed by atoms with Crippen LogP contribution in [0.4, 0.5) is 5.69 Å². The van der Waals surface area contributed by atoms with Gasteiger partial charge in [0.2, 0.25) is 5.91 Å². The first kappa shape index (κ1) is 14.0. The normalized spacial score (nSPS) is 10.7. The molecule has 0 aliphatic rings. The van der Waals surface area contributed by atoms with E-state index in [1.54, 1.807) is 6.08 Å². The highest BCUT2D eigenvalue weighted by Crippen LogP contribution is 2.29. The molecule has 0 aliphatic heterocycles. The maximum Gasteiger partial charge on any atom is 0.328 e. The lowest BCUT2D eigenvalue weighted by Gasteiger charge is -2.02. The average molecular weight is 287 g/mol. The van der Waals surface area contributed by atoms with Crippen LogP contribution in [-0.4, -0.2) is 17.0 Å². The molecule has 1 amide bonds. The molecule has 0 atom stereocenters. The van der Waals surface area contributed by atoms with Crippen LogP contribution in [0.5, 0.6) is 0 Å². The minimum absolute atomic E-state index is 0.102. The maximum absolute atomic E-state index is 10.9.